The molecule has 0 aliphatic rings. The summed E-state index contributed by atoms with van der Waals surface area (Å²) >= 11 is 2.09. The van der Waals surface area contributed by atoms with E-state index in [0.717, 1.165) is 9.13 Å². The maximum absolute atomic E-state index is 12.2. The van der Waals surface area contributed by atoms with Crippen molar-refractivity contribution >= 4 is 40.2 Å². The van der Waals surface area contributed by atoms with E-state index >= 15 is 0 Å². The number of amides is 1. The fourth-order valence-electron chi connectivity index (χ4n) is 1.69. The quantitative estimate of drug-likeness (QED) is 0.801. The Morgan fingerprint density at radius 1 is 1.25 bits per heavy atom. The van der Waals surface area contributed by atoms with Gasteiger partial charge >= 0.3 is 5.97 Å². The topological polar surface area (TPSA) is 79.3 Å². The van der Waals surface area contributed by atoms with Gasteiger partial charge in [-0.1, -0.05) is 12.1 Å². The fourth-order valence-corrected chi connectivity index (χ4v) is 2.30. The van der Waals surface area contributed by atoms with E-state index in [-0.39, 0.29) is 17.2 Å². The molecule has 1 heterocycles. The Morgan fingerprint density at radius 2 is 2.00 bits per heavy atom. The summed E-state index contributed by atoms with van der Waals surface area (Å²) in [5.41, 5.74) is 1.69. The second-order valence-electron chi connectivity index (χ2n) is 4.12. The van der Waals surface area contributed by atoms with E-state index in [0.29, 0.717) is 5.56 Å². The van der Waals surface area contributed by atoms with Crippen molar-refractivity contribution in [1.29, 1.82) is 0 Å². The van der Waals surface area contributed by atoms with Crippen LogP contribution in [0.3, 0.4) is 0 Å². The summed E-state index contributed by atoms with van der Waals surface area (Å²) in [7, 11) is 0. The van der Waals surface area contributed by atoms with Crippen LogP contribution in [0.2, 0.25) is 0 Å². The van der Waals surface area contributed by atoms with Gasteiger partial charge in [-0.05, 0) is 47.2 Å². The van der Waals surface area contributed by atoms with E-state index in [1.54, 1.807) is 12.1 Å². The molecular weight excluding hydrogens is 371 g/mol. The lowest BCUT2D eigenvalue weighted by Gasteiger charge is -2.10. The Labute approximate surface area is 129 Å². The summed E-state index contributed by atoms with van der Waals surface area (Å²) in [6.07, 6.45) is 2.69. The number of nitrogens with one attached hydrogen (secondary N) is 1. The highest BCUT2D eigenvalue weighted by Gasteiger charge is 2.15. The Balaban J connectivity index is 2.33. The minimum atomic E-state index is -1.11. The number of hydrogen-bond donors (Lipinski definition) is 2. The Kier molecular flexibility index (Phi) is 4.33. The first-order valence-corrected chi connectivity index (χ1v) is 6.82. The number of anilines is 1. The van der Waals surface area contributed by atoms with E-state index in [9.17, 15) is 9.59 Å². The Morgan fingerprint density at radius 3 is 2.70 bits per heavy atom. The Bertz CT molecular complexity index is 686. The lowest BCUT2D eigenvalue weighted by atomic mass is 10.1. The third kappa shape index (κ3) is 2.96. The van der Waals surface area contributed by atoms with Gasteiger partial charge in [0.25, 0.3) is 5.91 Å². The van der Waals surface area contributed by atoms with Crippen LogP contribution < -0.4 is 5.32 Å². The normalized spacial score (nSPS) is 10.1. The second-order valence-corrected chi connectivity index (χ2v) is 5.20. The highest BCUT2D eigenvalue weighted by molar-refractivity contribution is 14.1. The van der Waals surface area contributed by atoms with Gasteiger partial charge in [0.2, 0.25) is 0 Å². The number of pyridine rings is 1. The molecular formula is C14H11IN2O3. The van der Waals surface area contributed by atoms with Gasteiger partial charge in [0, 0.05) is 9.77 Å². The molecule has 0 radical (unpaired) electrons. The zero-order chi connectivity index (χ0) is 14.7. The second kappa shape index (κ2) is 6.00. The average Bonchev–Trinajstić information content (AvgIpc) is 2.42. The summed E-state index contributed by atoms with van der Waals surface area (Å²) in [4.78, 5) is 27.1. The van der Waals surface area contributed by atoms with E-state index < -0.39 is 5.97 Å². The van der Waals surface area contributed by atoms with Crippen molar-refractivity contribution in [1.82, 2.24) is 4.98 Å². The minimum Gasteiger partial charge on any atom is -0.478 e. The van der Waals surface area contributed by atoms with Crippen molar-refractivity contribution in [2.24, 2.45) is 0 Å². The molecule has 5 nitrogen and oxygen atoms in total. The third-order valence-electron chi connectivity index (χ3n) is 2.74. The standard InChI is InChI=1S/C14H11IN2O3/c1-8-3-2-4-10(12(8)15)13(18)17-11-7-16-6-5-9(11)14(19)20/h2-7H,1H3,(H,17,18)(H,19,20). The number of carboxylic acid groups (broad SMARTS) is 1. The number of rotatable bonds is 3. The molecule has 102 valence electrons. The average molecular weight is 382 g/mol. The minimum absolute atomic E-state index is 0.0102. The first-order chi connectivity index (χ1) is 9.50. The number of aryl methyl sites for hydroxylation is 1. The number of aromatic carboxylic acids is 1. The van der Waals surface area contributed by atoms with Gasteiger partial charge in [0.05, 0.1) is 23.0 Å². The maximum Gasteiger partial charge on any atom is 0.337 e. The molecule has 0 atom stereocenters. The van der Waals surface area contributed by atoms with Crippen LogP contribution in [0.4, 0.5) is 5.69 Å². The number of carbonyl (C=O) groups is 2. The summed E-state index contributed by atoms with van der Waals surface area (Å²) in [6.45, 7) is 1.91. The molecule has 0 saturated heterocycles. The monoisotopic (exact) mass is 382 g/mol. The molecule has 1 amide bonds. The van der Waals surface area contributed by atoms with Gasteiger partial charge in [-0.25, -0.2) is 4.79 Å². The summed E-state index contributed by atoms with van der Waals surface area (Å²) in [5.74, 6) is -1.46. The van der Waals surface area contributed by atoms with Crippen LogP contribution in [0.25, 0.3) is 0 Å². The van der Waals surface area contributed by atoms with Gasteiger partial charge in [0.1, 0.15) is 0 Å². The van der Waals surface area contributed by atoms with Crippen LogP contribution >= 0.6 is 22.6 Å². The largest absolute Gasteiger partial charge is 0.478 e. The third-order valence-corrected chi connectivity index (χ3v) is 4.17. The van der Waals surface area contributed by atoms with Gasteiger partial charge in [-0.2, -0.15) is 0 Å². The number of hydrogen-bond acceptors (Lipinski definition) is 3. The Hall–Kier alpha value is -1.96. The van der Waals surface area contributed by atoms with Crippen molar-refractivity contribution in [3.05, 3.63) is 56.9 Å². The molecule has 0 unspecified atom stereocenters. The van der Waals surface area contributed by atoms with Gasteiger partial charge in [0.15, 0.2) is 0 Å². The molecule has 0 aliphatic carbocycles. The molecule has 1 aromatic carbocycles. The van der Waals surface area contributed by atoms with Crippen molar-refractivity contribution in [2.45, 2.75) is 6.92 Å². The number of halogens is 1. The fraction of sp³-hybridized carbons (Fsp3) is 0.0714. The molecule has 0 spiro atoms. The molecule has 2 aromatic rings. The van der Waals surface area contributed by atoms with E-state index in [2.05, 4.69) is 32.9 Å². The number of carbonyl (C=O) groups excluding carboxylic acids is 1. The zero-order valence-electron chi connectivity index (χ0n) is 10.6. The summed E-state index contributed by atoms with van der Waals surface area (Å²) in [5, 5.41) is 11.7. The SMILES string of the molecule is Cc1cccc(C(=O)Nc2cnccc2C(=O)O)c1I. The summed E-state index contributed by atoms with van der Waals surface area (Å²) in [6, 6.07) is 6.74. The van der Waals surface area contributed by atoms with Gasteiger partial charge in [-0.15, -0.1) is 0 Å². The number of aromatic nitrogens is 1. The van der Waals surface area contributed by atoms with Crippen LogP contribution in [0.1, 0.15) is 26.3 Å². The van der Waals surface area contributed by atoms with Crippen molar-refractivity contribution in [3.8, 4) is 0 Å². The van der Waals surface area contributed by atoms with E-state index in [1.165, 1.54) is 18.5 Å². The molecule has 0 aliphatic heterocycles. The van der Waals surface area contributed by atoms with Crippen molar-refractivity contribution in [2.75, 3.05) is 5.32 Å². The number of carboxylic acids is 1. The molecule has 6 heteroatoms. The zero-order valence-corrected chi connectivity index (χ0v) is 12.7. The van der Waals surface area contributed by atoms with Crippen LogP contribution in [0.5, 0.6) is 0 Å². The molecule has 0 fully saturated rings. The molecule has 0 bridgehead atoms. The molecule has 0 saturated carbocycles. The highest BCUT2D eigenvalue weighted by atomic mass is 127. The van der Waals surface area contributed by atoms with E-state index in [1.807, 2.05) is 13.0 Å². The molecule has 1 aromatic heterocycles. The van der Waals surface area contributed by atoms with Crippen molar-refractivity contribution < 1.29 is 14.7 Å². The maximum atomic E-state index is 12.2. The van der Waals surface area contributed by atoms with Crippen LogP contribution in [-0.2, 0) is 0 Å². The number of benzene rings is 1. The molecule has 2 rings (SSSR count). The van der Waals surface area contributed by atoms with Crippen LogP contribution in [0.15, 0.2) is 36.7 Å². The molecule has 2 N–H and O–H groups in total. The highest BCUT2D eigenvalue weighted by Crippen LogP contribution is 2.19. The smallest absolute Gasteiger partial charge is 0.337 e. The molecule has 20 heavy (non-hydrogen) atoms. The predicted molar refractivity (Wildman–Crippen MR) is 83.0 cm³/mol. The first-order valence-electron chi connectivity index (χ1n) is 5.74. The summed E-state index contributed by atoms with van der Waals surface area (Å²) < 4.78 is 0.836. The van der Waals surface area contributed by atoms with E-state index in [4.69, 9.17) is 5.11 Å². The van der Waals surface area contributed by atoms with Gasteiger partial charge < -0.3 is 10.4 Å². The number of nitrogens with zero attached hydrogens (tertiary/aromatic N) is 1. The van der Waals surface area contributed by atoms with Crippen LogP contribution in [0, 0.1) is 10.5 Å². The lowest BCUT2D eigenvalue weighted by molar-refractivity contribution is 0.0698. The van der Waals surface area contributed by atoms with Gasteiger partial charge in [-0.3, -0.25) is 9.78 Å². The van der Waals surface area contributed by atoms with Crippen molar-refractivity contribution in [3.63, 3.8) is 0 Å². The predicted octanol–water partition coefficient (Wildman–Crippen LogP) is 2.95. The first kappa shape index (κ1) is 14.4. The van der Waals surface area contributed by atoms with Crippen LogP contribution in [-0.4, -0.2) is 22.0 Å². The lowest BCUT2D eigenvalue weighted by Crippen LogP contribution is -2.16.